The Balaban J connectivity index is 1.71. The minimum Gasteiger partial charge on any atom is -0.458 e. The van der Waals surface area contributed by atoms with Gasteiger partial charge in [-0.05, 0) is 56.5 Å². The average molecular weight is 455 g/mol. The smallest absolute Gasteiger partial charge is 0.331 e. The molecule has 34 heavy (non-hydrogen) atoms. The van der Waals surface area contributed by atoms with Crippen molar-refractivity contribution in [1.29, 1.82) is 0 Å². The highest BCUT2D eigenvalue weighted by molar-refractivity contribution is 5.95. The van der Waals surface area contributed by atoms with Crippen molar-refractivity contribution < 1.29 is 14.4 Å². The Bertz CT molecular complexity index is 1250. The van der Waals surface area contributed by atoms with Crippen LogP contribution in [0.2, 0.25) is 0 Å². The second-order valence-corrected chi connectivity index (χ2v) is 9.22. The minimum atomic E-state index is -0.665. The van der Waals surface area contributed by atoms with Crippen molar-refractivity contribution in [1.82, 2.24) is 4.98 Å². The first-order valence-corrected chi connectivity index (χ1v) is 11.4. The normalized spacial score (nSPS) is 12.4. The SMILES string of the molecule is CC(C(=O)OC(C)(C)C)N(OCc1ccccc1)c1ccnc2cc(-c3ccccc3)ccc12. The lowest BCUT2D eigenvalue weighted by atomic mass is 10.0. The van der Waals surface area contributed by atoms with E-state index in [2.05, 4.69) is 29.2 Å². The maximum atomic E-state index is 13.0. The van der Waals surface area contributed by atoms with Gasteiger partial charge < -0.3 is 4.74 Å². The Labute approximate surface area is 200 Å². The Morgan fingerprint density at radius 1 is 0.912 bits per heavy atom. The molecule has 0 aliphatic heterocycles. The largest absolute Gasteiger partial charge is 0.458 e. The molecule has 174 valence electrons. The van der Waals surface area contributed by atoms with Gasteiger partial charge in [-0.1, -0.05) is 72.8 Å². The van der Waals surface area contributed by atoms with E-state index in [1.807, 2.05) is 81.4 Å². The maximum absolute atomic E-state index is 13.0. The molecule has 0 aliphatic rings. The first-order chi connectivity index (χ1) is 16.3. The molecule has 0 aliphatic carbocycles. The van der Waals surface area contributed by atoms with Crippen LogP contribution in [0.5, 0.6) is 0 Å². The molecule has 0 saturated heterocycles. The summed E-state index contributed by atoms with van der Waals surface area (Å²) in [4.78, 5) is 23.8. The lowest BCUT2D eigenvalue weighted by Gasteiger charge is -2.31. The molecule has 0 N–H and O–H groups in total. The number of carbonyl (C=O) groups excluding carboxylic acids is 1. The number of anilines is 1. The van der Waals surface area contributed by atoms with Crippen LogP contribution in [0.15, 0.2) is 91.1 Å². The summed E-state index contributed by atoms with van der Waals surface area (Å²) >= 11 is 0. The molecule has 0 fully saturated rings. The van der Waals surface area contributed by atoms with Crippen LogP contribution in [-0.2, 0) is 21.0 Å². The zero-order chi connectivity index (χ0) is 24.1. The van der Waals surface area contributed by atoms with E-state index in [4.69, 9.17) is 9.57 Å². The number of benzene rings is 3. The number of carbonyl (C=O) groups is 1. The van der Waals surface area contributed by atoms with Crippen molar-refractivity contribution in [2.24, 2.45) is 0 Å². The van der Waals surface area contributed by atoms with Crippen LogP contribution in [0.25, 0.3) is 22.0 Å². The summed E-state index contributed by atoms with van der Waals surface area (Å²) in [5.74, 6) is -0.355. The highest BCUT2D eigenvalue weighted by Gasteiger charge is 2.29. The van der Waals surface area contributed by atoms with Gasteiger partial charge in [-0.25, -0.2) is 9.86 Å². The number of hydrogen-bond donors (Lipinski definition) is 0. The number of fused-ring (bicyclic) bond motifs is 1. The first kappa shape index (κ1) is 23.5. The molecular weight excluding hydrogens is 424 g/mol. The molecule has 3 aromatic carbocycles. The highest BCUT2D eigenvalue weighted by Crippen LogP contribution is 2.31. The lowest BCUT2D eigenvalue weighted by Crippen LogP contribution is -2.42. The van der Waals surface area contributed by atoms with Crippen LogP contribution >= 0.6 is 0 Å². The fourth-order valence-electron chi connectivity index (χ4n) is 3.73. The van der Waals surface area contributed by atoms with Gasteiger partial charge in [-0.2, -0.15) is 0 Å². The second kappa shape index (κ2) is 10.1. The van der Waals surface area contributed by atoms with Crippen molar-refractivity contribution in [3.8, 4) is 11.1 Å². The Morgan fingerprint density at radius 3 is 2.26 bits per heavy atom. The molecule has 0 spiro atoms. The predicted molar refractivity (Wildman–Crippen MR) is 136 cm³/mol. The first-order valence-electron chi connectivity index (χ1n) is 11.4. The molecule has 0 bridgehead atoms. The van der Waals surface area contributed by atoms with E-state index in [9.17, 15) is 4.79 Å². The maximum Gasteiger partial charge on any atom is 0.331 e. The van der Waals surface area contributed by atoms with Crippen LogP contribution in [-0.4, -0.2) is 22.6 Å². The number of nitrogens with zero attached hydrogens (tertiary/aromatic N) is 2. The summed E-state index contributed by atoms with van der Waals surface area (Å²) < 4.78 is 5.67. The zero-order valence-electron chi connectivity index (χ0n) is 20.1. The van der Waals surface area contributed by atoms with E-state index < -0.39 is 11.6 Å². The summed E-state index contributed by atoms with van der Waals surface area (Å²) in [6.45, 7) is 7.70. The molecular formula is C29H30N2O3. The van der Waals surface area contributed by atoms with Gasteiger partial charge in [0.2, 0.25) is 0 Å². The average Bonchev–Trinajstić information content (AvgIpc) is 2.84. The number of aromatic nitrogens is 1. The monoisotopic (exact) mass is 454 g/mol. The van der Waals surface area contributed by atoms with Gasteiger partial charge in [-0.15, -0.1) is 0 Å². The molecule has 4 rings (SSSR count). The number of esters is 1. The molecule has 5 nitrogen and oxygen atoms in total. The predicted octanol–water partition coefficient (Wildman–Crippen LogP) is 6.57. The number of ether oxygens (including phenoxy) is 1. The summed E-state index contributed by atoms with van der Waals surface area (Å²) in [7, 11) is 0. The molecule has 0 radical (unpaired) electrons. The molecule has 1 heterocycles. The van der Waals surface area contributed by atoms with Crippen molar-refractivity contribution in [2.75, 3.05) is 5.06 Å². The fourth-order valence-corrected chi connectivity index (χ4v) is 3.73. The second-order valence-electron chi connectivity index (χ2n) is 9.22. The number of hydrogen-bond acceptors (Lipinski definition) is 5. The molecule has 4 aromatic rings. The van der Waals surface area contributed by atoms with Crippen LogP contribution in [0.1, 0.15) is 33.3 Å². The van der Waals surface area contributed by atoms with E-state index in [0.29, 0.717) is 6.61 Å². The third-order valence-electron chi connectivity index (χ3n) is 5.38. The van der Waals surface area contributed by atoms with Gasteiger partial charge in [0.15, 0.2) is 6.04 Å². The lowest BCUT2D eigenvalue weighted by molar-refractivity contribution is -0.158. The molecule has 1 atom stereocenters. The Hall–Kier alpha value is -3.70. The third kappa shape index (κ3) is 5.61. The van der Waals surface area contributed by atoms with Gasteiger partial charge in [0.05, 0.1) is 17.8 Å². The Kier molecular flexibility index (Phi) is 6.94. The van der Waals surface area contributed by atoms with Gasteiger partial charge in [0, 0.05) is 11.6 Å². The standard InChI is InChI=1S/C29H30N2O3/c1-21(28(32)34-29(2,3)4)31(33-20-22-11-7-5-8-12-22)27-17-18-30-26-19-24(15-16-25(26)27)23-13-9-6-10-14-23/h5-19,21H,20H2,1-4H3. The quantitative estimate of drug-likeness (QED) is 0.233. The van der Waals surface area contributed by atoms with Crippen molar-refractivity contribution >= 4 is 22.6 Å². The molecule has 5 heteroatoms. The molecule has 0 amide bonds. The van der Waals surface area contributed by atoms with Crippen LogP contribution in [0.4, 0.5) is 5.69 Å². The van der Waals surface area contributed by atoms with Gasteiger partial charge in [0.25, 0.3) is 0 Å². The molecule has 1 aromatic heterocycles. The Morgan fingerprint density at radius 2 is 1.59 bits per heavy atom. The highest BCUT2D eigenvalue weighted by atomic mass is 16.7. The van der Waals surface area contributed by atoms with Crippen LogP contribution < -0.4 is 5.06 Å². The van der Waals surface area contributed by atoms with E-state index in [-0.39, 0.29) is 5.97 Å². The van der Waals surface area contributed by atoms with Crippen LogP contribution in [0.3, 0.4) is 0 Å². The van der Waals surface area contributed by atoms with E-state index >= 15 is 0 Å². The zero-order valence-corrected chi connectivity index (χ0v) is 20.1. The number of rotatable bonds is 7. The van der Waals surface area contributed by atoms with Crippen molar-refractivity contribution in [2.45, 2.75) is 45.9 Å². The van der Waals surface area contributed by atoms with Crippen LogP contribution in [0, 0.1) is 0 Å². The summed E-state index contributed by atoms with van der Waals surface area (Å²) in [5.41, 5.74) is 4.20. The molecule has 0 saturated carbocycles. The summed E-state index contributed by atoms with van der Waals surface area (Å²) in [6, 6.07) is 27.4. The number of hydroxylamine groups is 1. The summed E-state index contributed by atoms with van der Waals surface area (Å²) in [5, 5.41) is 2.54. The van der Waals surface area contributed by atoms with Gasteiger partial charge in [-0.3, -0.25) is 9.82 Å². The van der Waals surface area contributed by atoms with E-state index in [0.717, 1.165) is 33.3 Å². The van der Waals surface area contributed by atoms with E-state index in [1.165, 1.54) is 0 Å². The fraction of sp³-hybridized carbons (Fsp3) is 0.241. The summed E-state index contributed by atoms with van der Waals surface area (Å²) in [6.07, 6.45) is 1.74. The number of pyridine rings is 1. The van der Waals surface area contributed by atoms with Crippen molar-refractivity contribution in [3.05, 3.63) is 96.7 Å². The van der Waals surface area contributed by atoms with E-state index in [1.54, 1.807) is 18.2 Å². The molecule has 1 unspecified atom stereocenters. The van der Waals surface area contributed by atoms with Crippen molar-refractivity contribution in [3.63, 3.8) is 0 Å². The van der Waals surface area contributed by atoms with Gasteiger partial charge in [0.1, 0.15) is 5.60 Å². The third-order valence-corrected chi connectivity index (χ3v) is 5.38. The topological polar surface area (TPSA) is 51.7 Å². The minimum absolute atomic E-state index is 0.319. The van der Waals surface area contributed by atoms with Gasteiger partial charge >= 0.3 is 5.97 Å².